The molecule has 0 aliphatic carbocycles. The van der Waals surface area contributed by atoms with Crippen LogP contribution in [0.2, 0.25) is 0 Å². The predicted molar refractivity (Wildman–Crippen MR) is 107 cm³/mol. The number of carbonyl (C=O) groups excluding carboxylic acids is 1. The average Bonchev–Trinajstić information content (AvgIpc) is 2.51. The van der Waals surface area contributed by atoms with E-state index in [1.165, 1.54) is 89.9 Å². The molecule has 0 N–H and O–H groups in total. The summed E-state index contributed by atoms with van der Waals surface area (Å²) in [4.78, 5) is 11.2. The Morgan fingerprint density at radius 2 is 0.957 bits per heavy atom. The van der Waals surface area contributed by atoms with Crippen LogP contribution in [0.1, 0.15) is 117 Å². The zero-order valence-corrected chi connectivity index (χ0v) is 17.5. The van der Waals surface area contributed by atoms with E-state index in [-0.39, 0.29) is 23.0 Å². The van der Waals surface area contributed by atoms with Crippen LogP contribution >= 0.6 is 17.0 Å². The van der Waals surface area contributed by atoms with Crippen LogP contribution in [0.15, 0.2) is 0 Å². The average molecular weight is 393 g/mol. The Morgan fingerprint density at radius 3 is 1.30 bits per heavy atom. The maximum Gasteiger partial charge on any atom is 0.305 e. The Bertz CT molecular complexity index is 232. The standard InChI is InChI=1S/C20H40O2.BrH/c1-3-5-6-7-8-9-10-11-12-13-14-15-16-17-18-19-20(21)22-4-2;/h3-19H2,1-2H3;1H. The summed E-state index contributed by atoms with van der Waals surface area (Å²) in [7, 11) is 0. The highest BCUT2D eigenvalue weighted by Gasteiger charge is 2.00. The molecular formula is C20H41BrO2. The summed E-state index contributed by atoms with van der Waals surface area (Å²) < 4.78 is 4.92. The largest absolute Gasteiger partial charge is 0.466 e. The molecule has 3 heteroatoms. The Morgan fingerprint density at radius 1 is 0.609 bits per heavy atom. The van der Waals surface area contributed by atoms with Gasteiger partial charge in [-0.1, -0.05) is 96.8 Å². The fourth-order valence-corrected chi connectivity index (χ4v) is 2.87. The number of hydrogen-bond acceptors (Lipinski definition) is 2. The van der Waals surface area contributed by atoms with E-state index in [9.17, 15) is 4.79 Å². The fraction of sp³-hybridized carbons (Fsp3) is 0.950. The number of halogens is 1. The van der Waals surface area contributed by atoms with Crippen molar-refractivity contribution in [2.45, 2.75) is 117 Å². The highest BCUT2D eigenvalue weighted by Crippen LogP contribution is 2.13. The molecule has 140 valence electrons. The van der Waals surface area contributed by atoms with Crippen molar-refractivity contribution in [3.63, 3.8) is 0 Å². The van der Waals surface area contributed by atoms with Crippen molar-refractivity contribution in [3.05, 3.63) is 0 Å². The molecule has 0 spiro atoms. The van der Waals surface area contributed by atoms with Gasteiger partial charge in [-0.15, -0.1) is 17.0 Å². The maximum atomic E-state index is 11.2. The highest BCUT2D eigenvalue weighted by atomic mass is 79.9. The van der Waals surface area contributed by atoms with Crippen molar-refractivity contribution < 1.29 is 9.53 Å². The van der Waals surface area contributed by atoms with Gasteiger partial charge in [-0.25, -0.2) is 0 Å². The third kappa shape index (κ3) is 21.9. The smallest absolute Gasteiger partial charge is 0.305 e. The lowest BCUT2D eigenvalue weighted by atomic mass is 10.0. The monoisotopic (exact) mass is 392 g/mol. The molecule has 0 aliphatic heterocycles. The predicted octanol–water partition coefficient (Wildman–Crippen LogP) is 7.39. The van der Waals surface area contributed by atoms with Crippen LogP contribution < -0.4 is 0 Å². The van der Waals surface area contributed by atoms with Crippen molar-refractivity contribution in [1.82, 2.24) is 0 Å². The van der Waals surface area contributed by atoms with Gasteiger partial charge in [0.2, 0.25) is 0 Å². The van der Waals surface area contributed by atoms with Gasteiger partial charge in [-0.3, -0.25) is 4.79 Å². The van der Waals surface area contributed by atoms with Gasteiger partial charge in [0.25, 0.3) is 0 Å². The normalized spacial score (nSPS) is 10.3. The molecule has 0 radical (unpaired) electrons. The lowest BCUT2D eigenvalue weighted by molar-refractivity contribution is -0.143. The molecule has 0 unspecified atom stereocenters. The molecule has 0 heterocycles. The van der Waals surface area contributed by atoms with Gasteiger partial charge in [0.05, 0.1) is 6.61 Å². The van der Waals surface area contributed by atoms with Gasteiger partial charge in [-0.05, 0) is 13.3 Å². The number of carbonyl (C=O) groups is 1. The van der Waals surface area contributed by atoms with E-state index >= 15 is 0 Å². The second-order valence-electron chi connectivity index (χ2n) is 6.50. The topological polar surface area (TPSA) is 26.3 Å². The first kappa shape index (κ1) is 25.2. The van der Waals surface area contributed by atoms with E-state index in [1.807, 2.05) is 6.92 Å². The minimum Gasteiger partial charge on any atom is -0.466 e. The molecule has 0 atom stereocenters. The molecule has 2 nitrogen and oxygen atoms in total. The summed E-state index contributed by atoms with van der Waals surface area (Å²) in [5.41, 5.74) is 0. The Labute approximate surface area is 155 Å². The second-order valence-corrected chi connectivity index (χ2v) is 6.50. The van der Waals surface area contributed by atoms with Crippen molar-refractivity contribution in [3.8, 4) is 0 Å². The van der Waals surface area contributed by atoms with Crippen molar-refractivity contribution >= 4 is 23.0 Å². The van der Waals surface area contributed by atoms with E-state index in [1.54, 1.807) is 0 Å². The van der Waals surface area contributed by atoms with Crippen LogP contribution in [0.4, 0.5) is 0 Å². The number of hydrogen-bond donors (Lipinski definition) is 0. The third-order valence-corrected chi connectivity index (χ3v) is 4.29. The summed E-state index contributed by atoms with van der Waals surface area (Å²) in [6, 6.07) is 0. The lowest BCUT2D eigenvalue weighted by Gasteiger charge is -2.03. The molecule has 0 amide bonds. The van der Waals surface area contributed by atoms with Crippen LogP contribution in [0.25, 0.3) is 0 Å². The van der Waals surface area contributed by atoms with Gasteiger partial charge in [-0.2, -0.15) is 0 Å². The molecule has 0 saturated heterocycles. The molecule has 0 saturated carbocycles. The summed E-state index contributed by atoms with van der Waals surface area (Å²) in [5.74, 6) is -0.0304. The molecule has 0 aromatic carbocycles. The van der Waals surface area contributed by atoms with E-state index in [4.69, 9.17) is 4.74 Å². The number of esters is 1. The Hall–Kier alpha value is -0.0500. The van der Waals surface area contributed by atoms with Crippen molar-refractivity contribution in [1.29, 1.82) is 0 Å². The van der Waals surface area contributed by atoms with Gasteiger partial charge >= 0.3 is 5.97 Å². The number of rotatable bonds is 17. The second kappa shape index (κ2) is 21.9. The molecule has 0 bridgehead atoms. The van der Waals surface area contributed by atoms with Crippen LogP contribution in [0.5, 0.6) is 0 Å². The van der Waals surface area contributed by atoms with Crippen LogP contribution in [-0.2, 0) is 9.53 Å². The quantitative estimate of drug-likeness (QED) is 0.190. The van der Waals surface area contributed by atoms with Crippen molar-refractivity contribution in [2.24, 2.45) is 0 Å². The third-order valence-electron chi connectivity index (χ3n) is 4.29. The van der Waals surface area contributed by atoms with E-state index in [0.717, 1.165) is 6.42 Å². The first-order valence-electron chi connectivity index (χ1n) is 9.96. The van der Waals surface area contributed by atoms with Gasteiger partial charge < -0.3 is 4.74 Å². The van der Waals surface area contributed by atoms with Crippen LogP contribution in [0, 0.1) is 0 Å². The summed E-state index contributed by atoms with van der Waals surface area (Å²) in [6.07, 6.45) is 21.0. The van der Waals surface area contributed by atoms with Crippen LogP contribution in [0.3, 0.4) is 0 Å². The molecular weight excluding hydrogens is 352 g/mol. The van der Waals surface area contributed by atoms with E-state index in [0.29, 0.717) is 13.0 Å². The van der Waals surface area contributed by atoms with E-state index < -0.39 is 0 Å². The summed E-state index contributed by atoms with van der Waals surface area (Å²) >= 11 is 0. The van der Waals surface area contributed by atoms with E-state index in [2.05, 4.69) is 6.92 Å². The first-order chi connectivity index (χ1) is 10.8. The van der Waals surface area contributed by atoms with Crippen LogP contribution in [-0.4, -0.2) is 12.6 Å². The molecule has 0 fully saturated rings. The number of unbranched alkanes of at least 4 members (excludes halogenated alkanes) is 14. The first-order valence-corrected chi connectivity index (χ1v) is 9.96. The molecule has 0 aromatic heterocycles. The highest BCUT2D eigenvalue weighted by molar-refractivity contribution is 8.93. The zero-order valence-electron chi connectivity index (χ0n) is 15.7. The SMILES string of the molecule is Br.CCCCCCCCCCCCCCCCCC(=O)OCC. The van der Waals surface area contributed by atoms with Gasteiger partial charge in [0, 0.05) is 6.42 Å². The number of ether oxygens (including phenoxy) is 1. The molecule has 0 aromatic rings. The minimum atomic E-state index is -0.0304. The van der Waals surface area contributed by atoms with Gasteiger partial charge in [0.15, 0.2) is 0 Å². The zero-order chi connectivity index (χ0) is 16.3. The fourth-order valence-electron chi connectivity index (χ4n) is 2.87. The summed E-state index contributed by atoms with van der Waals surface area (Å²) in [6.45, 7) is 4.66. The molecule has 0 aliphatic rings. The van der Waals surface area contributed by atoms with Crippen molar-refractivity contribution in [2.75, 3.05) is 6.61 Å². The maximum absolute atomic E-state index is 11.2. The Kier molecular flexibility index (Phi) is 24.0. The molecule has 23 heavy (non-hydrogen) atoms. The lowest BCUT2D eigenvalue weighted by Crippen LogP contribution is -2.03. The summed E-state index contributed by atoms with van der Waals surface area (Å²) in [5, 5.41) is 0. The Balaban J connectivity index is 0. The van der Waals surface area contributed by atoms with Gasteiger partial charge in [0.1, 0.15) is 0 Å². The minimum absolute atomic E-state index is 0. The molecule has 0 rings (SSSR count).